The Morgan fingerprint density at radius 2 is 1.79 bits per heavy atom. The quantitative estimate of drug-likeness (QED) is 0.291. The fourth-order valence-corrected chi connectivity index (χ4v) is 7.16. The van der Waals surface area contributed by atoms with Gasteiger partial charge in [-0.3, -0.25) is 0 Å². The monoisotopic (exact) mass is 524 g/mol. The molecular weight excluding hydrogens is 487 g/mol. The lowest BCUT2D eigenvalue weighted by molar-refractivity contribution is -0.117. The van der Waals surface area contributed by atoms with E-state index in [2.05, 4.69) is 44.2 Å². The van der Waals surface area contributed by atoms with Crippen molar-refractivity contribution in [3.8, 4) is 22.6 Å². The van der Waals surface area contributed by atoms with E-state index in [0.29, 0.717) is 17.9 Å². The zero-order chi connectivity index (χ0) is 27.2. The molecule has 0 saturated heterocycles. The minimum Gasteiger partial charge on any atom is -0.497 e. The number of rotatable bonds is 7. The van der Waals surface area contributed by atoms with E-state index in [4.69, 9.17) is 9.47 Å². The van der Waals surface area contributed by atoms with E-state index < -0.39 is 0 Å². The Hall–Kier alpha value is -3.40. The standard InChI is InChI=1S/C35H37FO3/c1-34(2)15-5-7-31(34)29-18-23(8-12-28(29)30-19-26(38-3)11-13-33(30)36)22-39-27-10-9-24-6-4-16-35(32(24)20-27)17-14-25(35)21-37/h7-13,18-21,25H,4-6,14-17,22H2,1-3H3/t25-,35-/m0/s1. The first-order valence-corrected chi connectivity index (χ1v) is 14.2. The molecule has 0 unspecified atom stereocenters. The van der Waals surface area contributed by atoms with E-state index in [1.807, 2.05) is 12.1 Å². The summed E-state index contributed by atoms with van der Waals surface area (Å²) in [5, 5.41) is 0. The highest BCUT2D eigenvalue weighted by Gasteiger charge is 2.49. The Morgan fingerprint density at radius 1 is 0.949 bits per heavy atom. The molecule has 3 aliphatic carbocycles. The molecular formula is C35H37FO3. The average Bonchev–Trinajstić information content (AvgIpc) is 3.30. The third-order valence-corrected chi connectivity index (χ3v) is 9.55. The van der Waals surface area contributed by atoms with Crippen LogP contribution >= 0.6 is 0 Å². The van der Waals surface area contributed by atoms with Crippen LogP contribution in [0.2, 0.25) is 0 Å². The molecule has 3 aliphatic rings. The van der Waals surface area contributed by atoms with Crippen LogP contribution in [0.3, 0.4) is 0 Å². The SMILES string of the molecule is COc1ccc(F)c(-c2ccc(COc3ccc4c(c3)[C@@]3(CCC4)CC[C@H]3C=O)cc2C2=CCCC2(C)C)c1. The van der Waals surface area contributed by atoms with Crippen LogP contribution in [0.4, 0.5) is 4.39 Å². The lowest BCUT2D eigenvalue weighted by Crippen LogP contribution is -2.47. The highest BCUT2D eigenvalue weighted by Crippen LogP contribution is 2.55. The third kappa shape index (κ3) is 4.48. The highest BCUT2D eigenvalue weighted by molar-refractivity contribution is 5.85. The number of aryl methyl sites for hydroxylation is 1. The molecule has 0 amide bonds. The minimum absolute atomic E-state index is 0.00483. The van der Waals surface area contributed by atoms with E-state index in [9.17, 15) is 4.79 Å². The van der Waals surface area contributed by atoms with Crippen LogP contribution in [-0.2, 0) is 23.2 Å². The molecule has 6 rings (SSSR count). The number of hydrogen-bond acceptors (Lipinski definition) is 3. The summed E-state index contributed by atoms with van der Waals surface area (Å²) < 4.78 is 26.9. The van der Waals surface area contributed by atoms with Crippen molar-refractivity contribution in [2.24, 2.45) is 11.3 Å². The van der Waals surface area contributed by atoms with Gasteiger partial charge in [0.1, 0.15) is 30.2 Å². The van der Waals surface area contributed by atoms with Crippen LogP contribution < -0.4 is 9.47 Å². The maximum absolute atomic E-state index is 15.1. The van der Waals surface area contributed by atoms with Crippen LogP contribution in [0.25, 0.3) is 16.7 Å². The van der Waals surface area contributed by atoms with Gasteiger partial charge in [0.25, 0.3) is 0 Å². The van der Waals surface area contributed by atoms with Gasteiger partial charge in [0.2, 0.25) is 0 Å². The van der Waals surface area contributed by atoms with Crippen molar-refractivity contribution in [1.29, 1.82) is 0 Å². The van der Waals surface area contributed by atoms with Gasteiger partial charge in [-0.1, -0.05) is 38.1 Å². The normalized spacial score (nSPS) is 23.1. The number of allylic oxidation sites excluding steroid dienone is 2. The molecule has 3 aromatic rings. The molecule has 0 heterocycles. The Bertz CT molecular complexity index is 1450. The Labute approximate surface area is 231 Å². The lowest BCUT2D eigenvalue weighted by atomic mass is 9.52. The van der Waals surface area contributed by atoms with Crippen molar-refractivity contribution in [3.05, 3.63) is 88.7 Å². The van der Waals surface area contributed by atoms with Crippen molar-refractivity contribution in [2.45, 2.75) is 70.8 Å². The second-order valence-electron chi connectivity index (χ2n) is 12.2. The summed E-state index contributed by atoms with van der Waals surface area (Å²) >= 11 is 0. The molecule has 0 N–H and O–H groups in total. The number of carbonyl (C=O) groups is 1. The molecule has 202 valence electrons. The molecule has 0 radical (unpaired) electrons. The van der Waals surface area contributed by atoms with E-state index in [1.165, 1.54) is 29.1 Å². The topological polar surface area (TPSA) is 35.5 Å². The van der Waals surface area contributed by atoms with Crippen molar-refractivity contribution in [1.82, 2.24) is 0 Å². The predicted octanol–water partition coefficient (Wildman–Crippen LogP) is 8.47. The van der Waals surface area contributed by atoms with Gasteiger partial charge in [0, 0.05) is 16.9 Å². The van der Waals surface area contributed by atoms with E-state index in [-0.39, 0.29) is 22.6 Å². The summed E-state index contributed by atoms with van der Waals surface area (Å²) in [5.74, 6) is 1.35. The Kier molecular flexibility index (Phi) is 6.61. The highest BCUT2D eigenvalue weighted by atomic mass is 19.1. The fraction of sp³-hybridized carbons (Fsp3) is 0.400. The molecule has 0 aliphatic heterocycles. The van der Waals surface area contributed by atoms with Gasteiger partial charge >= 0.3 is 0 Å². The van der Waals surface area contributed by atoms with Gasteiger partial charge in [-0.2, -0.15) is 0 Å². The van der Waals surface area contributed by atoms with Crippen LogP contribution in [0.1, 0.15) is 74.6 Å². The first-order valence-electron chi connectivity index (χ1n) is 14.2. The van der Waals surface area contributed by atoms with E-state index >= 15 is 4.39 Å². The first kappa shape index (κ1) is 25.9. The summed E-state index contributed by atoms with van der Waals surface area (Å²) in [6.45, 7) is 4.94. The number of hydrogen-bond donors (Lipinski definition) is 0. The number of carbonyl (C=O) groups excluding carboxylic acids is 1. The molecule has 0 bridgehead atoms. The maximum atomic E-state index is 15.1. The molecule has 3 aromatic carbocycles. The van der Waals surface area contributed by atoms with Crippen molar-refractivity contribution in [2.75, 3.05) is 7.11 Å². The van der Waals surface area contributed by atoms with Gasteiger partial charge in [-0.05, 0) is 120 Å². The zero-order valence-electron chi connectivity index (χ0n) is 23.2. The number of methoxy groups -OCH3 is 1. The number of halogens is 1. The predicted molar refractivity (Wildman–Crippen MR) is 154 cm³/mol. The molecule has 39 heavy (non-hydrogen) atoms. The number of fused-ring (bicyclic) bond motifs is 2. The van der Waals surface area contributed by atoms with Crippen molar-refractivity contribution in [3.63, 3.8) is 0 Å². The van der Waals surface area contributed by atoms with Crippen molar-refractivity contribution >= 4 is 11.9 Å². The molecule has 1 fully saturated rings. The molecule has 0 aromatic heterocycles. The molecule has 4 heteroatoms. The number of benzene rings is 3. The summed E-state index contributed by atoms with van der Waals surface area (Å²) in [6.07, 6.45) is 10.9. The van der Waals surface area contributed by atoms with Crippen LogP contribution in [0.15, 0.2) is 60.7 Å². The second-order valence-corrected chi connectivity index (χ2v) is 12.2. The molecule has 2 atom stereocenters. The molecule has 1 saturated carbocycles. The van der Waals surface area contributed by atoms with Gasteiger partial charge in [-0.25, -0.2) is 4.39 Å². The Morgan fingerprint density at radius 3 is 2.51 bits per heavy atom. The lowest BCUT2D eigenvalue weighted by Gasteiger charge is -2.51. The summed E-state index contributed by atoms with van der Waals surface area (Å²) in [4.78, 5) is 11.8. The zero-order valence-corrected chi connectivity index (χ0v) is 23.2. The van der Waals surface area contributed by atoms with Crippen LogP contribution in [0, 0.1) is 17.2 Å². The second kappa shape index (κ2) is 9.97. The largest absolute Gasteiger partial charge is 0.497 e. The fourth-order valence-electron chi connectivity index (χ4n) is 7.16. The van der Waals surface area contributed by atoms with Crippen LogP contribution in [-0.4, -0.2) is 13.4 Å². The number of aldehydes is 1. The first-order chi connectivity index (χ1) is 18.8. The summed E-state index contributed by atoms with van der Waals surface area (Å²) in [7, 11) is 1.60. The number of ether oxygens (including phenoxy) is 2. The van der Waals surface area contributed by atoms with Crippen molar-refractivity contribution < 1.29 is 18.7 Å². The third-order valence-electron chi connectivity index (χ3n) is 9.55. The van der Waals surface area contributed by atoms with Gasteiger partial charge in [0.05, 0.1) is 7.11 Å². The van der Waals surface area contributed by atoms with Crippen LogP contribution in [0.5, 0.6) is 11.5 Å². The van der Waals surface area contributed by atoms with Gasteiger partial charge in [0.15, 0.2) is 0 Å². The van der Waals surface area contributed by atoms with Gasteiger partial charge < -0.3 is 14.3 Å². The minimum atomic E-state index is -0.259. The van der Waals surface area contributed by atoms with E-state index in [1.54, 1.807) is 19.2 Å². The Balaban J connectivity index is 1.32. The van der Waals surface area contributed by atoms with Gasteiger partial charge in [-0.15, -0.1) is 0 Å². The maximum Gasteiger partial charge on any atom is 0.131 e. The molecule has 1 spiro atoms. The van der Waals surface area contributed by atoms with E-state index in [0.717, 1.165) is 67.4 Å². The average molecular weight is 525 g/mol. The summed E-state index contributed by atoms with van der Waals surface area (Å²) in [5.41, 5.74) is 7.46. The summed E-state index contributed by atoms with van der Waals surface area (Å²) in [6, 6.07) is 17.6. The molecule has 3 nitrogen and oxygen atoms in total. The smallest absolute Gasteiger partial charge is 0.131 e.